The van der Waals surface area contributed by atoms with Gasteiger partial charge in [-0.25, -0.2) is 4.21 Å². The van der Waals surface area contributed by atoms with Gasteiger partial charge in [0.2, 0.25) is 0 Å². The summed E-state index contributed by atoms with van der Waals surface area (Å²) in [7, 11) is -1.01. The van der Waals surface area contributed by atoms with Crippen molar-refractivity contribution in [1.82, 2.24) is 4.72 Å². The van der Waals surface area contributed by atoms with Gasteiger partial charge in [-0.05, 0) is 17.5 Å². The van der Waals surface area contributed by atoms with Crippen LogP contribution in [0.15, 0.2) is 22.5 Å². The quantitative estimate of drug-likeness (QED) is 0.627. The molecule has 2 heterocycles. The molecule has 0 bridgehead atoms. The smallest absolute Gasteiger partial charge is 0.151 e. The third kappa shape index (κ3) is 0.803. The molecule has 0 saturated heterocycles. The van der Waals surface area contributed by atoms with E-state index in [4.69, 9.17) is 0 Å². The monoisotopic (exact) mass is 171 g/mol. The zero-order valence-electron chi connectivity index (χ0n) is 5.03. The average Bonchev–Trinajstić information content (AvgIpc) is 2.36. The van der Waals surface area contributed by atoms with E-state index < -0.39 is 11.0 Å². The summed E-state index contributed by atoms with van der Waals surface area (Å²) in [4.78, 5) is 1.99. The van der Waals surface area contributed by atoms with Crippen molar-refractivity contribution < 1.29 is 4.21 Å². The Kier molecular flexibility index (Phi) is 1.35. The highest BCUT2D eigenvalue weighted by atomic mass is 32.2. The first-order valence-electron chi connectivity index (χ1n) is 2.80. The zero-order chi connectivity index (χ0) is 6.97. The van der Waals surface area contributed by atoms with E-state index in [1.54, 1.807) is 17.5 Å². The second-order valence-corrected chi connectivity index (χ2v) is 4.03. The first-order valence-corrected chi connectivity index (χ1v) is 4.83. The highest BCUT2D eigenvalue weighted by Crippen LogP contribution is 2.23. The van der Waals surface area contributed by atoms with Crippen LogP contribution in [0.2, 0.25) is 0 Å². The van der Waals surface area contributed by atoms with Crippen molar-refractivity contribution in [1.29, 1.82) is 0 Å². The molecule has 0 fully saturated rings. The van der Waals surface area contributed by atoms with E-state index in [2.05, 4.69) is 4.72 Å². The summed E-state index contributed by atoms with van der Waals surface area (Å²) in [6, 6.07) is 1.88. The van der Waals surface area contributed by atoms with Gasteiger partial charge in [0, 0.05) is 11.1 Å². The Morgan fingerprint density at radius 1 is 1.60 bits per heavy atom. The number of hydrogen-bond donors (Lipinski definition) is 1. The maximum atomic E-state index is 11.1. The maximum Gasteiger partial charge on any atom is 0.151 e. The molecule has 1 N–H and O–H groups in total. The number of rotatable bonds is 0. The van der Waals surface area contributed by atoms with Crippen LogP contribution in [0, 0.1) is 0 Å². The molecule has 10 heavy (non-hydrogen) atoms. The molecule has 4 heteroatoms. The van der Waals surface area contributed by atoms with E-state index in [0.717, 1.165) is 9.77 Å². The molecule has 0 aromatic carbocycles. The van der Waals surface area contributed by atoms with E-state index in [1.807, 2.05) is 17.5 Å². The summed E-state index contributed by atoms with van der Waals surface area (Å²) >= 11 is 1.61. The Balaban J connectivity index is 2.62. The first-order chi connectivity index (χ1) is 4.88. The second-order valence-electron chi connectivity index (χ2n) is 1.87. The number of nitrogens with one attached hydrogen (secondary N) is 1. The van der Waals surface area contributed by atoms with Crippen molar-refractivity contribution in [2.24, 2.45) is 0 Å². The molecule has 2 nitrogen and oxygen atoms in total. The van der Waals surface area contributed by atoms with Crippen LogP contribution in [-0.4, -0.2) is 4.21 Å². The topological polar surface area (TPSA) is 29.1 Å². The van der Waals surface area contributed by atoms with Crippen LogP contribution >= 0.6 is 11.3 Å². The Morgan fingerprint density at radius 2 is 2.50 bits per heavy atom. The van der Waals surface area contributed by atoms with Gasteiger partial charge in [0.1, 0.15) is 0 Å². The van der Waals surface area contributed by atoms with Gasteiger partial charge < -0.3 is 4.72 Å². The summed E-state index contributed by atoms with van der Waals surface area (Å²) in [6.07, 6.45) is 3.65. The van der Waals surface area contributed by atoms with Crippen LogP contribution in [0.5, 0.6) is 0 Å². The van der Waals surface area contributed by atoms with Crippen LogP contribution in [0.1, 0.15) is 4.88 Å². The summed E-state index contributed by atoms with van der Waals surface area (Å²) in [5.41, 5.74) is 0. The first kappa shape index (κ1) is 6.12. The Morgan fingerprint density at radius 3 is 3.30 bits per heavy atom. The van der Waals surface area contributed by atoms with E-state index in [9.17, 15) is 4.21 Å². The van der Waals surface area contributed by atoms with Crippen molar-refractivity contribution in [2.75, 3.05) is 0 Å². The largest absolute Gasteiger partial charge is 0.308 e. The van der Waals surface area contributed by atoms with Gasteiger partial charge in [-0.15, -0.1) is 11.3 Å². The normalized spacial score (nSPS) is 21.8. The summed E-state index contributed by atoms with van der Waals surface area (Å²) in [5, 5.41) is 1.94. The highest BCUT2D eigenvalue weighted by molar-refractivity contribution is 7.83. The molecule has 0 amide bonds. The standard InChI is InChI=1S/C6H5NOS2/c8-10-6-2-4-9-5(6)1-3-7-10/h1-4,7H. The fourth-order valence-electron chi connectivity index (χ4n) is 0.819. The van der Waals surface area contributed by atoms with Gasteiger partial charge in [0.25, 0.3) is 0 Å². The van der Waals surface area contributed by atoms with Crippen LogP contribution in [-0.2, 0) is 11.0 Å². The zero-order valence-corrected chi connectivity index (χ0v) is 6.67. The van der Waals surface area contributed by atoms with Crippen LogP contribution in [0.3, 0.4) is 0 Å². The van der Waals surface area contributed by atoms with E-state index in [-0.39, 0.29) is 0 Å². The Hall–Kier alpha value is -0.610. The van der Waals surface area contributed by atoms with Crippen molar-refractivity contribution >= 4 is 28.4 Å². The molecular formula is C6H5NOS2. The average molecular weight is 171 g/mol. The van der Waals surface area contributed by atoms with E-state index >= 15 is 0 Å². The third-order valence-corrected chi connectivity index (χ3v) is 3.38. The Bertz CT molecular complexity index is 302. The van der Waals surface area contributed by atoms with Crippen LogP contribution in [0.25, 0.3) is 6.08 Å². The lowest BCUT2D eigenvalue weighted by Crippen LogP contribution is -2.12. The van der Waals surface area contributed by atoms with E-state index in [0.29, 0.717) is 0 Å². The second kappa shape index (κ2) is 2.21. The minimum atomic E-state index is -1.01. The van der Waals surface area contributed by atoms with Gasteiger partial charge >= 0.3 is 0 Å². The maximum absolute atomic E-state index is 11.1. The molecule has 0 saturated carbocycles. The number of hydrogen-bond acceptors (Lipinski definition) is 2. The summed E-state index contributed by atoms with van der Waals surface area (Å²) in [6.45, 7) is 0. The molecule has 0 aliphatic carbocycles. The molecule has 1 aromatic heterocycles. The third-order valence-electron chi connectivity index (χ3n) is 1.27. The lowest BCUT2D eigenvalue weighted by Gasteiger charge is -2.04. The van der Waals surface area contributed by atoms with Crippen molar-refractivity contribution in [3.8, 4) is 0 Å². The van der Waals surface area contributed by atoms with Crippen molar-refractivity contribution in [3.63, 3.8) is 0 Å². The molecule has 0 radical (unpaired) electrons. The van der Waals surface area contributed by atoms with Gasteiger partial charge in [-0.2, -0.15) is 0 Å². The molecule has 52 valence electrons. The molecule has 1 aliphatic heterocycles. The summed E-state index contributed by atoms with van der Waals surface area (Å²) < 4.78 is 13.8. The van der Waals surface area contributed by atoms with Gasteiger partial charge in [0.05, 0.1) is 4.90 Å². The molecule has 1 unspecified atom stereocenters. The minimum Gasteiger partial charge on any atom is -0.308 e. The van der Waals surface area contributed by atoms with Crippen LogP contribution < -0.4 is 4.72 Å². The predicted octanol–water partition coefficient (Wildman–Crippen LogP) is 1.34. The Labute approximate surface area is 65.2 Å². The van der Waals surface area contributed by atoms with Gasteiger partial charge in [0.15, 0.2) is 11.0 Å². The highest BCUT2D eigenvalue weighted by Gasteiger charge is 2.10. The van der Waals surface area contributed by atoms with E-state index in [1.165, 1.54) is 0 Å². The lowest BCUT2D eigenvalue weighted by molar-refractivity contribution is 0.679. The van der Waals surface area contributed by atoms with Gasteiger partial charge in [-0.1, -0.05) is 0 Å². The minimum absolute atomic E-state index is 0.896. The molecule has 0 spiro atoms. The predicted molar refractivity (Wildman–Crippen MR) is 42.9 cm³/mol. The van der Waals surface area contributed by atoms with Crippen molar-refractivity contribution in [2.45, 2.75) is 4.90 Å². The number of thiophene rings is 1. The fraction of sp³-hybridized carbons (Fsp3) is 0. The lowest BCUT2D eigenvalue weighted by atomic mass is 10.4. The molecule has 1 atom stereocenters. The molecular weight excluding hydrogens is 166 g/mol. The SMILES string of the molecule is O=S1NC=Cc2sccc21. The van der Waals surface area contributed by atoms with Crippen LogP contribution in [0.4, 0.5) is 0 Å². The summed E-state index contributed by atoms with van der Waals surface area (Å²) in [5.74, 6) is 0. The number of fused-ring (bicyclic) bond motifs is 1. The molecule has 1 aromatic rings. The van der Waals surface area contributed by atoms with Gasteiger partial charge in [-0.3, -0.25) is 0 Å². The molecule has 1 aliphatic rings. The van der Waals surface area contributed by atoms with Crippen molar-refractivity contribution in [3.05, 3.63) is 22.5 Å². The fourth-order valence-corrected chi connectivity index (χ4v) is 2.72. The molecule has 2 rings (SSSR count).